The van der Waals surface area contributed by atoms with Gasteiger partial charge in [-0.15, -0.1) is 0 Å². The smallest absolute Gasteiger partial charge is 0.387 e. The molecule has 32 heavy (non-hydrogen) atoms. The average molecular weight is 532 g/mol. The van der Waals surface area contributed by atoms with E-state index in [1.165, 1.54) is 0 Å². The summed E-state index contributed by atoms with van der Waals surface area (Å²) in [5, 5.41) is 10.2. The second-order valence-corrected chi connectivity index (χ2v) is 10.6. The summed E-state index contributed by atoms with van der Waals surface area (Å²) in [5.74, 6) is -2.05. The highest BCUT2D eigenvalue weighted by atomic mass is 31.3. The Labute approximate surface area is 176 Å². The van der Waals surface area contributed by atoms with Crippen LogP contribution in [0, 0.1) is 5.82 Å². The second-order valence-electron chi connectivity index (χ2n) is 6.19. The maximum absolute atomic E-state index is 14.7. The summed E-state index contributed by atoms with van der Waals surface area (Å²) in [7, 11) is -17.2. The molecule has 1 fully saturated rings. The fourth-order valence-electron chi connectivity index (χ4n) is 2.51. The predicted molar refractivity (Wildman–Crippen MR) is 95.5 cm³/mol. The quantitative estimate of drug-likeness (QED) is 0.173. The van der Waals surface area contributed by atoms with E-state index in [-0.39, 0.29) is 4.57 Å². The first-order valence-corrected chi connectivity index (χ1v) is 12.5. The van der Waals surface area contributed by atoms with Crippen LogP contribution in [0.25, 0.3) is 0 Å². The molecule has 0 amide bonds. The molecule has 22 heteroatoms. The maximum atomic E-state index is 14.7. The Morgan fingerprint density at radius 1 is 1.22 bits per heavy atom. The minimum atomic E-state index is -5.85. The van der Waals surface area contributed by atoms with Gasteiger partial charge in [0.05, 0.1) is 12.8 Å². The molecule has 1 saturated heterocycles. The number of aliphatic hydroxyl groups is 1. The van der Waals surface area contributed by atoms with Gasteiger partial charge in [-0.05, 0) is 0 Å². The number of aromatic nitrogens is 2. The molecule has 0 radical (unpaired) electrons. The number of nitrogens with zero attached hydrogens (tertiary/aromatic N) is 2. The second kappa shape index (κ2) is 9.23. The number of nitrogens with two attached hydrogens (primary N) is 2. The monoisotopic (exact) mass is 532 g/mol. The van der Waals surface area contributed by atoms with Gasteiger partial charge in [0, 0.05) is 6.54 Å². The van der Waals surface area contributed by atoms with Gasteiger partial charge in [0.2, 0.25) is 0 Å². The van der Waals surface area contributed by atoms with E-state index < -0.39 is 78.0 Å². The molecular weight excluding hydrogens is 515 g/mol. The number of ether oxygens (including phenoxy) is 1. The Kier molecular flexibility index (Phi) is 7.81. The van der Waals surface area contributed by atoms with Crippen molar-refractivity contribution < 1.29 is 65.0 Å². The third-order valence-corrected chi connectivity index (χ3v) is 7.69. The maximum Gasteiger partial charge on any atom is 0.490 e. The summed E-state index contributed by atoms with van der Waals surface area (Å²) < 4.78 is 78.9. The zero-order valence-corrected chi connectivity index (χ0v) is 18.1. The lowest BCUT2D eigenvalue weighted by molar-refractivity contribution is -0.120. The van der Waals surface area contributed by atoms with Crippen LogP contribution in [0.4, 0.5) is 14.6 Å². The number of rotatable bonds is 9. The van der Waals surface area contributed by atoms with Crippen molar-refractivity contribution in [3.63, 3.8) is 0 Å². The molecule has 1 aromatic heterocycles. The van der Waals surface area contributed by atoms with Gasteiger partial charge in [-0.25, -0.2) is 27.3 Å². The minimum absolute atomic E-state index is 0.280. The topological polar surface area (TPSA) is 276 Å². The van der Waals surface area contributed by atoms with E-state index in [1.54, 1.807) is 0 Å². The van der Waals surface area contributed by atoms with Crippen molar-refractivity contribution in [3.8, 4) is 0 Å². The lowest BCUT2D eigenvalue weighted by Crippen LogP contribution is -2.51. The Bertz CT molecular complexity index is 1070. The van der Waals surface area contributed by atoms with E-state index in [4.69, 9.17) is 30.9 Å². The van der Waals surface area contributed by atoms with Crippen molar-refractivity contribution >= 4 is 29.3 Å². The van der Waals surface area contributed by atoms with Gasteiger partial charge in [0.15, 0.2) is 24.0 Å². The average Bonchev–Trinajstić information content (AvgIpc) is 2.85. The molecule has 1 aromatic rings. The Morgan fingerprint density at radius 2 is 1.81 bits per heavy atom. The molecule has 0 saturated carbocycles. The number of hydrogen-bond donors (Lipinski definition) is 7. The fraction of sp³-hybridized carbons (Fsp3) is 0.600. The number of alkyl halides is 1. The number of hydrogen-bond acceptors (Lipinski definition) is 12. The highest BCUT2D eigenvalue weighted by Gasteiger charge is 2.57. The fourth-order valence-corrected chi connectivity index (χ4v) is 5.59. The molecule has 9 N–H and O–H groups in total. The van der Waals surface area contributed by atoms with E-state index in [9.17, 15) is 37.3 Å². The summed E-state index contributed by atoms with van der Waals surface area (Å²) in [4.78, 5) is 50.6. The van der Waals surface area contributed by atoms with E-state index in [2.05, 4.69) is 18.1 Å². The molecule has 2 unspecified atom stereocenters. The van der Waals surface area contributed by atoms with Crippen molar-refractivity contribution in [2.24, 2.45) is 5.73 Å². The summed E-state index contributed by atoms with van der Waals surface area (Å²) in [5.41, 5.74) is 6.85. The SMILES string of the molecule is NC[C@]1(COP(=O)(O)OP(=O)(O)OP(=O)(O)O)O[C@@H](n2cc(F)c(N)nc2=O)[C@H](F)[C@@H]1O. The Hall–Kier alpha value is -1.17. The number of phosphoric ester groups is 1. The first kappa shape index (κ1) is 27.1. The summed E-state index contributed by atoms with van der Waals surface area (Å²) >= 11 is 0. The van der Waals surface area contributed by atoms with Crippen molar-refractivity contribution in [2.75, 3.05) is 18.9 Å². The predicted octanol–water partition coefficient (Wildman–Crippen LogP) is -1.77. The van der Waals surface area contributed by atoms with E-state index in [1.807, 2.05) is 0 Å². The standard InChI is InChI=1S/C10H17F2N4O13P3/c11-4-1-16(9(18)15-7(4)14)8-5(12)6(17)10(2-13,27-8)3-26-31(22,23)29-32(24,25)28-30(19,20)21/h1,5-6,8,17H,2-3,13H2,(H,22,23)(H,24,25)(H2,14,15,18)(H2,19,20,21)/t5-,6+,8-,10-/m1/s1. The van der Waals surface area contributed by atoms with E-state index in [0.717, 1.165) is 0 Å². The zero-order valence-electron chi connectivity index (χ0n) is 15.4. The molecule has 6 atom stereocenters. The number of halogens is 2. The van der Waals surface area contributed by atoms with Crippen molar-refractivity contribution in [3.05, 3.63) is 22.5 Å². The molecule has 17 nitrogen and oxygen atoms in total. The number of aliphatic hydroxyl groups excluding tert-OH is 1. The highest BCUT2D eigenvalue weighted by molar-refractivity contribution is 7.66. The summed E-state index contributed by atoms with van der Waals surface area (Å²) in [6, 6.07) is 0. The van der Waals surface area contributed by atoms with Crippen LogP contribution < -0.4 is 17.2 Å². The summed E-state index contributed by atoms with van der Waals surface area (Å²) in [6.45, 7) is -2.18. The number of phosphoric acid groups is 3. The van der Waals surface area contributed by atoms with E-state index in [0.29, 0.717) is 6.20 Å². The van der Waals surface area contributed by atoms with Crippen molar-refractivity contribution in [2.45, 2.75) is 24.1 Å². The minimum Gasteiger partial charge on any atom is -0.387 e. The van der Waals surface area contributed by atoms with Gasteiger partial charge in [0.1, 0.15) is 11.7 Å². The molecule has 1 aliphatic rings. The molecule has 1 aliphatic heterocycles. The Balaban J connectivity index is 2.24. The van der Waals surface area contributed by atoms with Gasteiger partial charge in [-0.2, -0.15) is 13.6 Å². The van der Waals surface area contributed by atoms with Gasteiger partial charge in [-0.3, -0.25) is 9.09 Å². The van der Waals surface area contributed by atoms with Crippen LogP contribution in [0.2, 0.25) is 0 Å². The van der Waals surface area contributed by atoms with Gasteiger partial charge in [-0.1, -0.05) is 0 Å². The zero-order chi connectivity index (χ0) is 24.7. The summed E-state index contributed by atoms with van der Waals surface area (Å²) in [6.07, 6.45) is -6.40. The van der Waals surface area contributed by atoms with Crippen LogP contribution in [-0.2, 0) is 31.6 Å². The lowest BCUT2D eigenvalue weighted by Gasteiger charge is -2.30. The van der Waals surface area contributed by atoms with Crippen LogP contribution in [0.15, 0.2) is 11.0 Å². The lowest BCUT2D eigenvalue weighted by atomic mass is 9.97. The van der Waals surface area contributed by atoms with Gasteiger partial charge >= 0.3 is 29.2 Å². The highest BCUT2D eigenvalue weighted by Crippen LogP contribution is 2.66. The third kappa shape index (κ3) is 6.24. The number of anilines is 1. The first-order chi connectivity index (χ1) is 14.4. The Morgan fingerprint density at radius 3 is 2.34 bits per heavy atom. The van der Waals surface area contributed by atoms with Crippen LogP contribution in [0.3, 0.4) is 0 Å². The van der Waals surface area contributed by atoms with E-state index >= 15 is 0 Å². The van der Waals surface area contributed by atoms with Crippen LogP contribution in [-0.4, -0.2) is 65.3 Å². The van der Waals surface area contributed by atoms with Crippen LogP contribution >= 0.6 is 23.5 Å². The normalized spacial score (nSPS) is 30.1. The molecule has 2 heterocycles. The molecule has 2 rings (SSSR count). The molecule has 184 valence electrons. The van der Waals surface area contributed by atoms with Crippen molar-refractivity contribution in [1.82, 2.24) is 9.55 Å². The largest absolute Gasteiger partial charge is 0.490 e. The third-order valence-electron chi connectivity index (χ3n) is 3.91. The first-order valence-electron chi connectivity index (χ1n) is 7.94. The molecular formula is C10H17F2N4O13P3. The van der Waals surface area contributed by atoms with Crippen molar-refractivity contribution in [1.29, 1.82) is 0 Å². The molecule has 0 spiro atoms. The number of nitrogen functional groups attached to an aromatic ring is 1. The van der Waals surface area contributed by atoms with Gasteiger partial charge < -0.3 is 40.9 Å². The molecule has 0 bridgehead atoms. The molecule has 0 aliphatic carbocycles. The molecule has 0 aromatic carbocycles. The van der Waals surface area contributed by atoms with Gasteiger partial charge in [0.25, 0.3) is 0 Å². The van der Waals surface area contributed by atoms with Crippen LogP contribution in [0.1, 0.15) is 6.23 Å². The van der Waals surface area contributed by atoms with Crippen LogP contribution in [0.5, 0.6) is 0 Å².